The summed E-state index contributed by atoms with van der Waals surface area (Å²) in [5, 5.41) is 15.6. The van der Waals surface area contributed by atoms with Gasteiger partial charge in [0.25, 0.3) is 5.91 Å². The summed E-state index contributed by atoms with van der Waals surface area (Å²) in [6.07, 6.45) is 1.44. The SMILES string of the molecule is O=C([O-])c1ccc(/C=N/NC(=O)c2ccc(CSc3[nH]c4ccccc4[nH+]3)cc2)cc1. The van der Waals surface area contributed by atoms with Crippen molar-refractivity contribution in [3.8, 4) is 0 Å². The second-order valence-corrected chi connectivity index (χ2v) is 7.70. The molecule has 0 aliphatic rings. The molecule has 0 saturated carbocycles. The van der Waals surface area contributed by atoms with E-state index in [0.29, 0.717) is 11.1 Å². The van der Waals surface area contributed by atoms with E-state index in [1.165, 1.54) is 18.3 Å². The molecule has 0 aliphatic heterocycles. The number of nitrogens with zero attached hydrogens (tertiary/aromatic N) is 1. The van der Waals surface area contributed by atoms with Gasteiger partial charge in [0.2, 0.25) is 0 Å². The first-order chi connectivity index (χ1) is 15.1. The summed E-state index contributed by atoms with van der Waals surface area (Å²) in [6, 6.07) is 21.3. The monoisotopic (exact) mass is 430 g/mol. The molecule has 8 heteroatoms. The average Bonchev–Trinajstić information content (AvgIpc) is 3.21. The number of nitrogens with one attached hydrogen (secondary N) is 3. The van der Waals surface area contributed by atoms with Gasteiger partial charge in [-0.1, -0.05) is 48.5 Å². The summed E-state index contributed by atoms with van der Waals surface area (Å²) in [6.45, 7) is 0. The number of carbonyl (C=O) groups is 2. The van der Waals surface area contributed by atoms with Gasteiger partial charge in [-0.25, -0.2) is 15.4 Å². The van der Waals surface area contributed by atoms with Gasteiger partial charge in [0.05, 0.1) is 12.2 Å². The van der Waals surface area contributed by atoms with E-state index in [1.54, 1.807) is 36.0 Å². The Morgan fingerprint density at radius 2 is 1.71 bits per heavy atom. The second kappa shape index (κ2) is 9.27. The van der Waals surface area contributed by atoms with E-state index >= 15 is 0 Å². The Bertz CT molecular complexity index is 1220. The number of benzene rings is 3. The molecule has 4 rings (SSSR count). The number of hydrogen-bond donors (Lipinski definition) is 2. The molecule has 0 spiro atoms. The standard InChI is InChI=1S/C23H18N4O3S/c28-21(27-24-13-15-5-11-18(12-6-15)22(29)30)17-9-7-16(8-10-17)14-31-23-25-19-3-1-2-4-20(19)26-23/h1-13H,14H2,(H,25,26)(H,27,28)(H,29,30)/b24-13+. The molecular weight excluding hydrogens is 412 g/mol. The van der Waals surface area contributed by atoms with E-state index in [1.807, 2.05) is 36.4 Å². The van der Waals surface area contributed by atoms with E-state index in [4.69, 9.17) is 0 Å². The molecule has 0 bridgehead atoms. The van der Waals surface area contributed by atoms with Crippen LogP contribution in [0.1, 0.15) is 31.8 Å². The largest absolute Gasteiger partial charge is 0.545 e. The highest BCUT2D eigenvalue weighted by Gasteiger charge is 2.10. The third kappa shape index (κ3) is 5.18. The number of fused-ring (bicyclic) bond motifs is 1. The molecule has 7 nitrogen and oxygen atoms in total. The number of carboxylic acids is 1. The smallest absolute Gasteiger partial charge is 0.314 e. The zero-order valence-corrected chi connectivity index (χ0v) is 17.1. The van der Waals surface area contributed by atoms with E-state index in [9.17, 15) is 14.7 Å². The Labute approximate surface area is 182 Å². The van der Waals surface area contributed by atoms with Crippen LogP contribution in [0.5, 0.6) is 0 Å². The summed E-state index contributed by atoms with van der Waals surface area (Å²) in [5.74, 6) is -0.811. The van der Waals surface area contributed by atoms with Gasteiger partial charge in [-0.15, -0.1) is 0 Å². The number of rotatable bonds is 7. The molecule has 1 aromatic heterocycles. The van der Waals surface area contributed by atoms with Gasteiger partial charge in [-0.05, 0) is 52.7 Å². The molecule has 0 aliphatic carbocycles. The number of aromatic nitrogens is 2. The number of aromatic carboxylic acids is 1. The highest BCUT2D eigenvalue weighted by molar-refractivity contribution is 7.98. The van der Waals surface area contributed by atoms with Gasteiger partial charge < -0.3 is 9.90 Å². The van der Waals surface area contributed by atoms with Crippen LogP contribution in [0.4, 0.5) is 0 Å². The van der Waals surface area contributed by atoms with Gasteiger partial charge in [0.15, 0.2) is 11.0 Å². The predicted octanol–water partition coefficient (Wildman–Crippen LogP) is 2.40. The van der Waals surface area contributed by atoms with Crippen molar-refractivity contribution < 1.29 is 19.7 Å². The summed E-state index contributed by atoms with van der Waals surface area (Å²) >= 11 is 1.65. The molecule has 0 fully saturated rings. The lowest BCUT2D eigenvalue weighted by Crippen LogP contribution is -2.22. The number of H-pyrrole nitrogens is 2. The maximum atomic E-state index is 12.2. The normalized spacial score (nSPS) is 11.1. The van der Waals surface area contributed by atoms with Crippen LogP contribution in [0.15, 0.2) is 83.1 Å². The Balaban J connectivity index is 1.30. The maximum absolute atomic E-state index is 12.2. The van der Waals surface area contributed by atoms with Crippen LogP contribution in [0, 0.1) is 0 Å². The summed E-state index contributed by atoms with van der Waals surface area (Å²) in [4.78, 5) is 29.7. The summed E-state index contributed by atoms with van der Waals surface area (Å²) in [5.41, 5.74) is 6.92. The second-order valence-electron chi connectivity index (χ2n) is 6.72. The third-order valence-electron chi connectivity index (χ3n) is 4.55. The van der Waals surface area contributed by atoms with Crippen LogP contribution in [0.2, 0.25) is 0 Å². The van der Waals surface area contributed by atoms with Crippen molar-refractivity contribution in [3.05, 3.63) is 95.1 Å². The highest BCUT2D eigenvalue weighted by atomic mass is 32.2. The fraction of sp³-hybridized carbons (Fsp3) is 0.0435. The number of imidazole rings is 1. The Morgan fingerprint density at radius 3 is 2.42 bits per heavy atom. The lowest BCUT2D eigenvalue weighted by Gasteiger charge is -2.03. The Kier molecular flexibility index (Phi) is 6.09. The maximum Gasteiger partial charge on any atom is 0.314 e. The molecule has 4 aromatic rings. The molecule has 154 valence electrons. The van der Waals surface area contributed by atoms with Crippen molar-refractivity contribution >= 4 is 40.9 Å². The van der Waals surface area contributed by atoms with Gasteiger partial charge >= 0.3 is 5.16 Å². The molecule has 31 heavy (non-hydrogen) atoms. The number of carboxylic acid groups (broad SMARTS) is 1. The number of carbonyl (C=O) groups excluding carboxylic acids is 2. The number of amides is 1. The van der Waals surface area contributed by atoms with Crippen molar-refractivity contribution in [1.29, 1.82) is 0 Å². The summed E-state index contributed by atoms with van der Waals surface area (Å²) in [7, 11) is 0. The van der Waals surface area contributed by atoms with Gasteiger partial charge in [-0.2, -0.15) is 5.10 Å². The van der Waals surface area contributed by atoms with Gasteiger partial charge in [-0.3, -0.25) is 4.79 Å². The highest BCUT2D eigenvalue weighted by Crippen LogP contribution is 2.20. The number of para-hydroxylation sites is 2. The van der Waals surface area contributed by atoms with Crippen LogP contribution in [0.25, 0.3) is 11.0 Å². The van der Waals surface area contributed by atoms with Crippen molar-refractivity contribution in [3.63, 3.8) is 0 Å². The molecule has 1 heterocycles. The van der Waals surface area contributed by atoms with Crippen LogP contribution < -0.4 is 15.5 Å². The van der Waals surface area contributed by atoms with Crippen LogP contribution in [0.3, 0.4) is 0 Å². The minimum Gasteiger partial charge on any atom is -0.545 e. The van der Waals surface area contributed by atoms with Crippen LogP contribution in [-0.2, 0) is 5.75 Å². The van der Waals surface area contributed by atoms with E-state index in [-0.39, 0.29) is 11.5 Å². The fourth-order valence-electron chi connectivity index (χ4n) is 2.89. The average molecular weight is 430 g/mol. The first-order valence-corrected chi connectivity index (χ1v) is 10.4. The first kappa shape index (κ1) is 20.4. The minimum absolute atomic E-state index is 0.0851. The molecule has 3 N–H and O–H groups in total. The zero-order chi connectivity index (χ0) is 21.6. The van der Waals surface area contributed by atoms with Crippen LogP contribution in [-0.4, -0.2) is 23.1 Å². The lowest BCUT2D eigenvalue weighted by molar-refractivity contribution is -0.396. The molecule has 3 aromatic carbocycles. The molecular formula is C23H18N4O3S. The quantitative estimate of drug-likeness (QED) is 0.266. The molecule has 0 saturated heterocycles. The summed E-state index contributed by atoms with van der Waals surface area (Å²) < 4.78 is 0. The van der Waals surface area contributed by atoms with Crippen molar-refractivity contribution in [2.24, 2.45) is 5.10 Å². The minimum atomic E-state index is -1.24. The van der Waals surface area contributed by atoms with Crippen molar-refractivity contribution in [1.82, 2.24) is 10.4 Å². The topological polar surface area (TPSA) is 112 Å². The van der Waals surface area contributed by atoms with Crippen LogP contribution >= 0.6 is 11.8 Å². The fourth-order valence-corrected chi connectivity index (χ4v) is 3.76. The van der Waals surface area contributed by atoms with Crippen molar-refractivity contribution in [2.75, 3.05) is 0 Å². The number of thioether (sulfide) groups is 1. The third-order valence-corrected chi connectivity index (χ3v) is 5.52. The van der Waals surface area contributed by atoms with E-state index in [0.717, 1.165) is 27.5 Å². The molecule has 0 radical (unpaired) electrons. The van der Waals surface area contributed by atoms with Gasteiger partial charge in [0, 0.05) is 11.3 Å². The van der Waals surface area contributed by atoms with E-state index in [2.05, 4.69) is 20.5 Å². The zero-order valence-electron chi connectivity index (χ0n) is 16.3. The van der Waals surface area contributed by atoms with E-state index < -0.39 is 5.97 Å². The van der Waals surface area contributed by atoms with Crippen molar-refractivity contribution in [2.45, 2.75) is 10.9 Å². The lowest BCUT2D eigenvalue weighted by atomic mass is 10.1. The Morgan fingerprint density at radius 1 is 1.00 bits per heavy atom. The number of hydrazone groups is 1. The number of aromatic amines is 2. The molecule has 0 atom stereocenters. The molecule has 0 unspecified atom stereocenters. The molecule has 1 amide bonds. The Hall–Kier alpha value is -3.91. The first-order valence-electron chi connectivity index (χ1n) is 9.45. The number of hydrogen-bond acceptors (Lipinski definition) is 5. The predicted molar refractivity (Wildman–Crippen MR) is 117 cm³/mol. The van der Waals surface area contributed by atoms with Gasteiger partial charge in [0.1, 0.15) is 0 Å².